The predicted octanol–water partition coefficient (Wildman–Crippen LogP) is 3.68. The average molecular weight is 314 g/mol. The molecule has 1 aromatic heterocycles. The maximum absolute atomic E-state index is 10.9. The number of nitrogens with zero attached hydrogens (tertiary/aromatic N) is 2. The molecule has 3 N–H and O–H groups in total. The number of aromatic nitrogens is 2. The van der Waals surface area contributed by atoms with Crippen molar-refractivity contribution in [2.24, 2.45) is 5.92 Å². The molecule has 6 heteroatoms. The van der Waals surface area contributed by atoms with E-state index in [0.717, 1.165) is 24.3 Å². The molecule has 0 radical (unpaired) electrons. The second-order valence-corrected chi connectivity index (χ2v) is 5.83. The number of anilines is 3. The monoisotopic (exact) mass is 314 g/mol. The Morgan fingerprint density at radius 3 is 2.52 bits per heavy atom. The molecule has 0 spiro atoms. The summed E-state index contributed by atoms with van der Waals surface area (Å²) in [4.78, 5) is 19.7. The van der Waals surface area contributed by atoms with Crippen LogP contribution < -0.4 is 10.6 Å². The van der Waals surface area contributed by atoms with Gasteiger partial charge in [0.25, 0.3) is 0 Å². The van der Waals surface area contributed by atoms with Crippen molar-refractivity contribution in [2.45, 2.75) is 27.2 Å². The smallest absolute Gasteiger partial charge is 0.335 e. The van der Waals surface area contributed by atoms with E-state index in [1.165, 1.54) is 0 Å². The first-order valence-electron chi connectivity index (χ1n) is 7.64. The lowest BCUT2D eigenvalue weighted by atomic mass is 10.1. The van der Waals surface area contributed by atoms with Crippen molar-refractivity contribution >= 4 is 23.4 Å². The number of benzene rings is 1. The van der Waals surface area contributed by atoms with Crippen LogP contribution in [0.5, 0.6) is 0 Å². The number of aromatic carboxylic acids is 1. The second kappa shape index (κ2) is 7.58. The molecule has 0 unspecified atom stereocenters. The van der Waals surface area contributed by atoms with Crippen molar-refractivity contribution in [3.05, 3.63) is 41.6 Å². The zero-order valence-electron chi connectivity index (χ0n) is 13.6. The van der Waals surface area contributed by atoms with E-state index in [-0.39, 0.29) is 5.56 Å². The molecular weight excluding hydrogens is 292 g/mol. The summed E-state index contributed by atoms with van der Waals surface area (Å²) in [5.74, 6) is 0.951. The van der Waals surface area contributed by atoms with Crippen LogP contribution in [0.15, 0.2) is 30.3 Å². The highest BCUT2D eigenvalue weighted by atomic mass is 16.4. The summed E-state index contributed by atoms with van der Waals surface area (Å²) >= 11 is 0. The Labute approximate surface area is 136 Å². The fourth-order valence-corrected chi connectivity index (χ4v) is 2.03. The van der Waals surface area contributed by atoms with Gasteiger partial charge in [-0.15, -0.1) is 0 Å². The molecule has 23 heavy (non-hydrogen) atoms. The molecule has 0 saturated carbocycles. The van der Waals surface area contributed by atoms with E-state index < -0.39 is 5.97 Å². The van der Waals surface area contributed by atoms with Gasteiger partial charge in [0.05, 0.1) is 5.56 Å². The van der Waals surface area contributed by atoms with Gasteiger partial charge in [-0.25, -0.2) is 9.78 Å². The number of carboxylic acids is 1. The van der Waals surface area contributed by atoms with Gasteiger partial charge in [-0.05, 0) is 43.5 Å². The number of nitrogens with one attached hydrogen (secondary N) is 2. The Bertz CT molecular complexity index is 669. The maximum atomic E-state index is 10.9. The standard InChI is InChI=1S/C17H22N4O2/c1-11(2)8-9-18-17-19-12(3)10-15(21-17)20-14-6-4-13(5-7-14)16(22)23/h4-7,10-11H,8-9H2,1-3H3,(H,22,23)(H2,18,19,20,21). The minimum absolute atomic E-state index is 0.255. The first kappa shape index (κ1) is 16.7. The van der Waals surface area contributed by atoms with Crippen LogP contribution in [0.25, 0.3) is 0 Å². The van der Waals surface area contributed by atoms with Gasteiger partial charge in [0, 0.05) is 24.0 Å². The maximum Gasteiger partial charge on any atom is 0.335 e. The molecule has 0 aliphatic rings. The lowest BCUT2D eigenvalue weighted by molar-refractivity contribution is 0.0697. The first-order valence-corrected chi connectivity index (χ1v) is 7.64. The van der Waals surface area contributed by atoms with Crippen molar-refractivity contribution in [1.29, 1.82) is 0 Å². The molecule has 0 aliphatic heterocycles. The third kappa shape index (κ3) is 5.25. The molecule has 0 amide bonds. The average Bonchev–Trinajstić information content (AvgIpc) is 2.46. The van der Waals surface area contributed by atoms with Gasteiger partial charge >= 0.3 is 5.97 Å². The fraction of sp³-hybridized carbons (Fsp3) is 0.353. The van der Waals surface area contributed by atoms with Gasteiger partial charge in [-0.3, -0.25) is 0 Å². The Morgan fingerprint density at radius 2 is 1.91 bits per heavy atom. The Balaban J connectivity index is 2.07. The van der Waals surface area contributed by atoms with Crippen LogP contribution >= 0.6 is 0 Å². The summed E-state index contributed by atoms with van der Waals surface area (Å²) in [6, 6.07) is 8.39. The fourth-order valence-electron chi connectivity index (χ4n) is 2.03. The topological polar surface area (TPSA) is 87.1 Å². The van der Waals surface area contributed by atoms with Crippen molar-refractivity contribution in [1.82, 2.24) is 9.97 Å². The van der Waals surface area contributed by atoms with Crippen LogP contribution in [0.1, 0.15) is 36.3 Å². The molecule has 1 heterocycles. The van der Waals surface area contributed by atoms with Gasteiger partial charge < -0.3 is 15.7 Å². The summed E-state index contributed by atoms with van der Waals surface area (Å²) in [5.41, 5.74) is 1.89. The van der Waals surface area contributed by atoms with Gasteiger partial charge in [0.15, 0.2) is 0 Å². The van der Waals surface area contributed by atoms with Crippen LogP contribution in [0.2, 0.25) is 0 Å². The molecular formula is C17H22N4O2. The van der Waals surface area contributed by atoms with E-state index in [1.54, 1.807) is 24.3 Å². The molecule has 2 rings (SSSR count). The third-order valence-electron chi connectivity index (χ3n) is 3.26. The summed E-state index contributed by atoms with van der Waals surface area (Å²) in [6.07, 6.45) is 1.05. The minimum Gasteiger partial charge on any atom is -0.478 e. The Kier molecular flexibility index (Phi) is 5.51. The molecule has 0 atom stereocenters. The van der Waals surface area contributed by atoms with Crippen molar-refractivity contribution in [3.8, 4) is 0 Å². The van der Waals surface area contributed by atoms with E-state index in [0.29, 0.717) is 17.7 Å². The quantitative estimate of drug-likeness (QED) is 0.722. The Morgan fingerprint density at radius 1 is 1.22 bits per heavy atom. The van der Waals surface area contributed by atoms with E-state index in [1.807, 2.05) is 13.0 Å². The number of hydrogen-bond donors (Lipinski definition) is 3. The van der Waals surface area contributed by atoms with Crippen LogP contribution in [-0.4, -0.2) is 27.6 Å². The molecule has 0 fully saturated rings. The summed E-state index contributed by atoms with van der Waals surface area (Å²) in [5, 5.41) is 15.3. The SMILES string of the molecule is Cc1cc(Nc2ccc(C(=O)O)cc2)nc(NCCC(C)C)n1. The van der Waals surface area contributed by atoms with E-state index in [4.69, 9.17) is 5.11 Å². The number of carboxylic acid groups (broad SMARTS) is 1. The van der Waals surface area contributed by atoms with E-state index in [9.17, 15) is 4.79 Å². The highest BCUT2D eigenvalue weighted by molar-refractivity contribution is 5.88. The molecule has 0 bridgehead atoms. The van der Waals surface area contributed by atoms with Gasteiger partial charge in [0.2, 0.25) is 5.95 Å². The molecule has 0 aliphatic carbocycles. The van der Waals surface area contributed by atoms with Crippen molar-refractivity contribution in [2.75, 3.05) is 17.2 Å². The lowest BCUT2D eigenvalue weighted by Gasteiger charge is -2.11. The van der Waals surface area contributed by atoms with Crippen molar-refractivity contribution in [3.63, 3.8) is 0 Å². The minimum atomic E-state index is -0.939. The van der Waals surface area contributed by atoms with Crippen LogP contribution in [0, 0.1) is 12.8 Å². The predicted molar refractivity (Wildman–Crippen MR) is 91.4 cm³/mol. The zero-order chi connectivity index (χ0) is 16.8. The number of hydrogen-bond acceptors (Lipinski definition) is 5. The normalized spacial score (nSPS) is 10.6. The van der Waals surface area contributed by atoms with Gasteiger partial charge in [0.1, 0.15) is 5.82 Å². The zero-order valence-corrected chi connectivity index (χ0v) is 13.6. The molecule has 6 nitrogen and oxygen atoms in total. The van der Waals surface area contributed by atoms with Gasteiger partial charge in [-0.1, -0.05) is 13.8 Å². The van der Waals surface area contributed by atoms with Crippen molar-refractivity contribution < 1.29 is 9.90 Å². The largest absolute Gasteiger partial charge is 0.478 e. The van der Waals surface area contributed by atoms with E-state index in [2.05, 4.69) is 34.4 Å². The molecule has 0 saturated heterocycles. The summed E-state index contributed by atoms with van der Waals surface area (Å²) in [7, 11) is 0. The summed E-state index contributed by atoms with van der Waals surface area (Å²) < 4.78 is 0. The van der Waals surface area contributed by atoms with Crippen LogP contribution in [-0.2, 0) is 0 Å². The first-order chi connectivity index (χ1) is 10.9. The third-order valence-corrected chi connectivity index (χ3v) is 3.26. The molecule has 2 aromatic rings. The van der Waals surface area contributed by atoms with Gasteiger partial charge in [-0.2, -0.15) is 4.98 Å². The Hall–Kier alpha value is -2.63. The number of rotatable bonds is 7. The summed E-state index contributed by atoms with van der Waals surface area (Å²) in [6.45, 7) is 7.08. The number of aryl methyl sites for hydroxylation is 1. The highest BCUT2D eigenvalue weighted by Crippen LogP contribution is 2.17. The molecule has 122 valence electrons. The second-order valence-electron chi connectivity index (χ2n) is 5.83. The lowest BCUT2D eigenvalue weighted by Crippen LogP contribution is -2.09. The molecule has 1 aromatic carbocycles. The van der Waals surface area contributed by atoms with E-state index >= 15 is 0 Å². The van der Waals surface area contributed by atoms with Crippen LogP contribution in [0.4, 0.5) is 17.5 Å². The van der Waals surface area contributed by atoms with Crippen LogP contribution in [0.3, 0.4) is 0 Å². The highest BCUT2D eigenvalue weighted by Gasteiger charge is 2.05. The number of carbonyl (C=O) groups is 1.